The van der Waals surface area contributed by atoms with Crippen LogP contribution in [0.2, 0.25) is 0 Å². The predicted molar refractivity (Wildman–Crippen MR) is 67.0 cm³/mol. The van der Waals surface area contributed by atoms with Crippen molar-refractivity contribution < 1.29 is 7.77 Å². The van der Waals surface area contributed by atoms with Crippen molar-refractivity contribution in [3.63, 3.8) is 0 Å². The number of fused-ring (bicyclic) bond motifs is 1. The smallest absolute Gasteiger partial charge is 0.158 e. The molecule has 0 aromatic rings. The van der Waals surface area contributed by atoms with Gasteiger partial charge in [0.25, 0.3) is 0 Å². The topological polar surface area (TPSA) is 12.4 Å². The largest absolute Gasteiger partial charge is 0.194 e. The summed E-state index contributed by atoms with van der Waals surface area (Å²) in [6.07, 6.45) is 8.68. The second-order valence-electron chi connectivity index (χ2n) is 5.26. The first-order chi connectivity index (χ1) is 7.58. The van der Waals surface area contributed by atoms with Gasteiger partial charge in [0.2, 0.25) is 0 Å². The average Bonchev–Trinajstić information content (AvgIpc) is 2.30. The van der Waals surface area contributed by atoms with Crippen LogP contribution in [0.4, 0.5) is 7.77 Å². The maximum absolute atomic E-state index is 13.4. The van der Waals surface area contributed by atoms with Crippen molar-refractivity contribution in [3.8, 4) is 0 Å². The number of halogens is 2. The SMILES string of the molecule is CC1CCCCCCC2C=NS(F)(F)CC12. The Hall–Kier alpha value is -0.120. The lowest BCUT2D eigenvalue weighted by Crippen LogP contribution is -2.30. The number of nitrogens with zero attached hydrogens (tertiary/aromatic N) is 1. The Balaban J connectivity index is 2.12. The van der Waals surface area contributed by atoms with E-state index in [1.807, 2.05) is 0 Å². The monoisotopic (exact) mass is 249 g/mol. The van der Waals surface area contributed by atoms with Gasteiger partial charge in [0, 0.05) is 6.21 Å². The molecule has 0 amide bonds. The molecule has 0 saturated heterocycles. The molecule has 1 heterocycles. The predicted octanol–water partition coefficient (Wildman–Crippen LogP) is 4.78. The summed E-state index contributed by atoms with van der Waals surface area (Å²) in [6.45, 7) is 2.15. The lowest BCUT2D eigenvalue weighted by atomic mass is 9.80. The van der Waals surface area contributed by atoms with Crippen LogP contribution in [0.25, 0.3) is 0 Å². The van der Waals surface area contributed by atoms with Crippen LogP contribution < -0.4 is 0 Å². The van der Waals surface area contributed by atoms with Crippen LogP contribution in [0, 0.1) is 17.8 Å². The van der Waals surface area contributed by atoms with E-state index in [4.69, 9.17) is 0 Å². The summed E-state index contributed by atoms with van der Waals surface area (Å²) in [5.74, 6) is 0.990. The van der Waals surface area contributed by atoms with Crippen LogP contribution in [0.5, 0.6) is 0 Å². The van der Waals surface area contributed by atoms with Gasteiger partial charge in [-0.3, -0.25) is 0 Å². The summed E-state index contributed by atoms with van der Waals surface area (Å²) in [4.78, 5) is 0. The second kappa shape index (κ2) is 5.03. The molecular formula is C12H21F2NS. The van der Waals surface area contributed by atoms with E-state index in [9.17, 15) is 7.77 Å². The third-order valence-electron chi connectivity index (χ3n) is 4.03. The first-order valence-corrected chi connectivity index (χ1v) is 7.90. The third-order valence-corrected chi connectivity index (χ3v) is 5.24. The van der Waals surface area contributed by atoms with Crippen LogP contribution in [-0.2, 0) is 0 Å². The molecule has 0 bridgehead atoms. The Morgan fingerprint density at radius 1 is 1.12 bits per heavy atom. The Morgan fingerprint density at radius 2 is 1.81 bits per heavy atom. The fourth-order valence-electron chi connectivity index (χ4n) is 2.96. The molecule has 1 aliphatic carbocycles. The van der Waals surface area contributed by atoms with Gasteiger partial charge < -0.3 is 0 Å². The minimum Gasteiger partial charge on any atom is -0.194 e. The van der Waals surface area contributed by atoms with Crippen molar-refractivity contribution in [2.45, 2.75) is 45.4 Å². The molecule has 0 spiro atoms. The van der Waals surface area contributed by atoms with E-state index in [0.717, 1.165) is 12.8 Å². The molecule has 0 aromatic carbocycles. The quantitative estimate of drug-likeness (QED) is 0.585. The Kier molecular flexibility index (Phi) is 3.88. The molecule has 1 aliphatic heterocycles. The van der Waals surface area contributed by atoms with Crippen molar-refractivity contribution in [2.24, 2.45) is 22.2 Å². The number of rotatable bonds is 0. The van der Waals surface area contributed by atoms with Crippen LogP contribution in [-0.4, -0.2) is 12.0 Å². The van der Waals surface area contributed by atoms with Gasteiger partial charge in [-0.05, 0) is 24.2 Å². The minimum absolute atomic E-state index is 0.0509. The highest BCUT2D eigenvalue weighted by atomic mass is 32.3. The molecule has 1 fully saturated rings. The zero-order chi connectivity index (χ0) is 11.6. The highest BCUT2D eigenvalue weighted by Crippen LogP contribution is 2.58. The van der Waals surface area contributed by atoms with Crippen molar-refractivity contribution in [1.29, 1.82) is 0 Å². The highest BCUT2D eigenvalue weighted by molar-refractivity contribution is 8.24. The Labute approximate surface area is 98.8 Å². The maximum Gasteiger partial charge on any atom is 0.158 e. The number of hydrogen-bond donors (Lipinski definition) is 0. The van der Waals surface area contributed by atoms with Crippen molar-refractivity contribution in [3.05, 3.63) is 0 Å². The third kappa shape index (κ3) is 2.96. The summed E-state index contributed by atoms with van der Waals surface area (Å²) in [5, 5.41) is 0. The Morgan fingerprint density at radius 3 is 2.56 bits per heavy atom. The maximum atomic E-state index is 13.4. The van der Waals surface area contributed by atoms with Gasteiger partial charge in [-0.1, -0.05) is 39.0 Å². The zero-order valence-electron chi connectivity index (χ0n) is 9.87. The highest BCUT2D eigenvalue weighted by Gasteiger charge is 2.37. The summed E-state index contributed by atoms with van der Waals surface area (Å²) < 4.78 is 30.2. The van der Waals surface area contributed by atoms with E-state index in [1.54, 1.807) is 6.21 Å². The van der Waals surface area contributed by atoms with Crippen LogP contribution >= 0.6 is 11.0 Å². The molecule has 1 saturated carbocycles. The molecule has 4 heteroatoms. The van der Waals surface area contributed by atoms with E-state index in [2.05, 4.69) is 11.3 Å². The lowest BCUT2D eigenvalue weighted by molar-refractivity contribution is 0.296. The summed E-state index contributed by atoms with van der Waals surface area (Å²) in [7, 11) is -3.66. The van der Waals surface area contributed by atoms with E-state index in [-0.39, 0.29) is 11.7 Å². The van der Waals surface area contributed by atoms with E-state index in [1.165, 1.54) is 25.7 Å². The minimum atomic E-state index is -3.66. The molecule has 94 valence electrons. The molecule has 2 rings (SSSR count). The molecule has 16 heavy (non-hydrogen) atoms. The molecule has 0 aromatic heterocycles. The molecule has 1 nitrogen and oxygen atoms in total. The van der Waals surface area contributed by atoms with Crippen molar-refractivity contribution in [2.75, 3.05) is 5.75 Å². The molecule has 3 atom stereocenters. The molecule has 0 radical (unpaired) electrons. The first-order valence-electron chi connectivity index (χ1n) is 6.34. The van der Waals surface area contributed by atoms with Crippen LogP contribution in [0.15, 0.2) is 4.40 Å². The van der Waals surface area contributed by atoms with Crippen LogP contribution in [0.1, 0.15) is 45.4 Å². The standard InChI is InChI=1S/C12H21F2NS/c1-10-6-4-2-3-5-7-11-8-15-16(13,14)9-12(10)11/h8,10-12H,2-7,9H2,1H3. The van der Waals surface area contributed by atoms with Gasteiger partial charge in [-0.2, -0.15) is 4.40 Å². The summed E-state index contributed by atoms with van der Waals surface area (Å²) >= 11 is 0. The van der Waals surface area contributed by atoms with E-state index >= 15 is 0 Å². The van der Waals surface area contributed by atoms with Crippen LogP contribution in [0.3, 0.4) is 0 Å². The molecular weight excluding hydrogens is 228 g/mol. The average molecular weight is 249 g/mol. The fourth-order valence-corrected chi connectivity index (χ4v) is 4.42. The fraction of sp³-hybridized carbons (Fsp3) is 0.917. The first kappa shape index (κ1) is 12.3. The van der Waals surface area contributed by atoms with Crippen molar-refractivity contribution in [1.82, 2.24) is 0 Å². The van der Waals surface area contributed by atoms with Gasteiger partial charge in [-0.15, -0.1) is 7.77 Å². The number of hydrogen-bond acceptors (Lipinski definition) is 1. The summed E-state index contributed by atoms with van der Waals surface area (Å²) in [6, 6.07) is 0. The van der Waals surface area contributed by atoms with Gasteiger partial charge in [-0.25, -0.2) is 0 Å². The van der Waals surface area contributed by atoms with Gasteiger partial charge in [0.15, 0.2) is 11.0 Å². The molecule has 3 unspecified atom stereocenters. The van der Waals surface area contributed by atoms with E-state index < -0.39 is 11.0 Å². The molecule has 0 N–H and O–H groups in total. The zero-order valence-corrected chi connectivity index (χ0v) is 10.7. The normalized spacial score (nSPS) is 41.3. The van der Waals surface area contributed by atoms with Gasteiger partial charge in [0.1, 0.15) is 0 Å². The Bertz CT molecular complexity index is 268. The van der Waals surface area contributed by atoms with Gasteiger partial charge >= 0.3 is 0 Å². The molecule has 2 aliphatic rings. The van der Waals surface area contributed by atoms with E-state index in [0.29, 0.717) is 11.8 Å². The van der Waals surface area contributed by atoms with Crippen molar-refractivity contribution >= 4 is 17.2 Å². The summed E-state index contributed by atoms with van der Waals surface area (Å²) in [5.41, 5.74) is 0. The second-order valence-corrected chi connectivity index (χ2v) is 6.89. The lowest BCUT2D eigenvalue weighted by Gasteiger charge is -2.35. The van der Waals surface area contributed by atoms with Gasteiger partial charge in [0.05, 0.1) is 5.75 Å².